The molecule has 0 amide bonds. The summed E-state index contributed by atoms with van der Waals surface area (Å²) < 4.78 is 0. The zero-order chi connectivity index (χ0) is 8.97. The summed E-state index contributed by atoms with van der Waals surface area (Å²) in [6.07, 6.45) is 2.19. The van der Waals surface area contributed by atoms with E-state index in [1.807, 2.05) is 18.2 Å². The van der Waals surface area contributed by atoms with Crippen molar-refractivity contribution in [2.45, 2.75) is 19.8 Å². The third-order valence-electron chi connectivity index (χ3n) is 1.73. The Morgan fingerprint density at radius 1 is 1.50 bits per heavy atom. The van der Waals surface area contributed by atoms with Crippen molar-refractivity contribution < 1.29 is 0 Å². The molecule has 0 unspecified atom stereocenters. The molecule has 0 heterocycles. The van der Waals surface area contributed by atoms with E-state index < -0.39 is 0 Å². The number of aryl methyl sites for hydroxylation is 1. The normalized spacial score (nSPS) is 9.92. The molecule has 0 atom stereocenters. The number of hydrogen-bond donors (Lipinski definition) is 2. The largest absolute Gasteiger partial charge is 0.323 e. The molecule has 0 fully saturated rings. The number of hydrogen-bond acceptors (Lipinski definition) is 2. The molecule has 1 aromatic carbocycles. The summed E-state index contributed by atoms with van der Waals surface area (Å²) in [7, 11) is 0. The van der Waals surface area contributed by atoms with Crippen molar-refractivity contribution in [2.75, 3.05) is 5.43 Å². The van der Waals surface area contributed by atoms with Gasteiger partial charge in [0.25, 0.3) is 0 Å². The van der Waals surface area contributed by atoms with Crippen molar-refractivity contribution >= 4 is 17.3 Å². The molecule has 0 aromatic heterocycles. The van der Waals surface area contributed by atoms with E-state index >= 15 is 0 Å². The Morgan fingerprint density at radius 2 is 2.25 bits per heavy atom. The summed E-state index contributed by atoms with van der Waals surface area (Å²) in [6.45, 7) is 2.14. The van der Waals surface area contributed by atoms with Crippen LogP contribution >= 0.6 is 11.6 Å². The molecule has 0 spiro atoms. The molecule has 0 aliphatic carbocycles. The van der Waals surface area contributed by atoms with Crippen molar-refractivity contribution in [1.29, 1.82) is 0 Å². The van der Waals surface area contributed by atoms with Gasteiger partial charge in [-0.3, -0.25) is 5.84 Å². The second kappa shape index (κ2) is 4.33. The first kappa shape index (κ1) is 9.36. The van der Waals surface area contributed by atoms with Crippen molar-refractivity contribution in [3.05, 3.63) is 28.8 Å². The molecule has 0 radical (unpaired) electrons. The molecule has 0 saturated carbocycles. The third kappa shape index (κ3) is 2.13. The minimum absolute atomic E-state index is 0.684. The van der Waals surface area contributed by atoms with E-state index in [0.717, 1.165) is 18.5 Å². The number of rotatable bonds is 3. The lowest BCUT2D eigenvalue weighted by Gasteiger charge is -2.04. The van der Waals surface area contributed by atoms with E-state index in [9.17, 15) is 0 Å². The van der Waals surface area contributed by atoms with Crippen LogP contribution in [0, 0.1) is 0 Å². The van der Waals surface area contributed by atoms with Crippen LogP contribution in [0.3, 0.4) is 0 Å². The molecular formula is C9H13ClN2. The Morgan fingerprint density at radius 3 is 2.75 bits per heavy atom. The van der Waals surface area contributed by atoms with Crippen molar-refractivity contribution in [1.82, 2.24) is 0 Å². The lowest BCUT2D eigenvalue weighted by molar-refractivity contribution is 0.922. The van der Waals surface area contributed by atoms with Gasteiger partial charge in [-0.05, 0) is 24.1 Å². The molecular weight excluding hydrogens is 172 g/mol. The molecule has 0 aliphatic heterocycles. The Balaban J connectivity index is 2.86. The smallest absolute Gasteiger partial charge is 0.0672 e. The number of halogens is 1. The van der Waals surface area contributed by atoms with Crippen molar-refractivity contribution in [3.63, 3.8) is 0 Å². The van der Waals surface area contributed by atoms with Gasteiger partial charge in [0.2, 0.25) is 0 Å². The van der Waals surface area contributed by atoms with E-state index in [4.69, 9.17) is 17.4 Å². The van der Waals surface area contributed by atoms with E-state index in [0.29, 0.717) is 5.02 Å². The minimum Gasteiger partial charge on any atom is -0.323 e. The summed E-state index contributed by atoms with van der Waals surface area (Å²) in [5.41, 5.74) is 4.56. The predicted octanol–water partition coefficient (Wildman–Crippen LogP) is 2.58. The van der Waals surface area contributed by atoms with Gasteiger partial charge in [-0.15, -0.1) is 0 Å². The van der Waals surface area contributed by atoms with Gasteiger partial charge in [-0.2, -0.15) is 0 Å². The van der Waals surface area contributed by atoms with Crippen LogP contribution in [-0.2, 0) is 6.42 Å². The molecule has 0 aliphatic rings. The molecule has 0 bridgehead atoms. The maximum Gasteiger partial charge on any atom is 0.0672 e. The third-order valence-corrected chi connectivity index (χ3v) is 2.04. The zero-order valence-electron chi connectivity index (χ0n) is 7.10. The average Bonchev–Trinajstić information content (AvgIpc) is 2.05. The number of nitrogen functional groups attached to an aromatic ring is 1. The quantitative estimate of drug-likeness (QED) is 0.560. The second-order valence-electron chi connectivity index (χ2n) is 2.71. The first-order chi connectivity index (χ1) is 5.77. The monoisotopic (exact) mass is 184 g/mol. The van der Waals surface area contributed by atoms with Crippen LogP contribution in [0.25, 0.3) is 0 Å². The lowest BCUT2D eigenvalue weighted by atomic mass is 10.1. The molecule has 1 aromatic rings. The number of nitrogens with one attached hydrogen (secondary N) is 1. The van der Waals surface area contributed by atoms with Gasteiger partial charge in [0.05, 0.1) is 10.7 Å². The highest BCUT2D eigenvalue weighted by Crippen LogP contribution is 2.22. The number of nitrogens with two attached hydrogens (primary N) is 1. The summed E-state index contributed by atoms with van der Waals surface area (Å²) in [4.78, 5) is 0. The van der Waals surface area contributed by atoms with Gasteiger partial charge in [0, 0.05) is 0 Å². The van der Waals surface area contributed by atoms with Crippen LogP contribution in [0.2, 0.25) is 5.02 Å². The summed E-state index contributed by atoms with van der Waals surface area (Å²) in [6, 6.07) is 5.87. The topological polar surface area (TPSA) is 38.0 Å². The maximum absolute atomic E-state index is 5.92. The van der Waals surface area contributed by atoms with E-state index in [-0.39, 0.29) is 0 Å². The number of anilines is 1. The van der Waals surface area contributed by atoms with Gasteiger partial charge in [-0.25, -0.2) is 0 Å². The fourth-order valence-corrected chi connectivity index (χ4v) is 1.38. The fourth-order valence-electron chi connectivity index (χ4n) is 1.12. The molecule has 2 nitrogen and oxygen atoms in total. The van der Waals surface area contributed by atoms with E-state index in [1.54, 1.807) is 0 Å². The van der Waals surface area contributed by atoms with Crippen LogP contribution in [0.15, 0.2) is 18.2 Å². The lowest BCUT2D eigenvalue weighted by Crippen LogP contribution is -2.07. The Hall–Kier alpha value is -0.730. The summed E-state index contributed by atoms with van der Waals surface area (Å²) in [5, 5.41) is 0.684. The molecule has 66 valence electrons. The van der Waals surface area contributed by atoms with Crippen LogP contribution in [0.5, 0.6) is 0 Å². The van der Waals surface area contributed by atoms with Crippen LogP contribution < -0.4 is 11.3 Å². The van der Waals surface area contributed by atoms with Gasteiger partial charge in [-0.1, -0.05) is 31.0 Å². The highest BCUT2D eigenvalue weighted by molar-refractivity contribution is 6.33. The van der Waals surface area contributed by atoms with Gasteiger partial charge < -0.3 is 5.43 Å². The maximum atomic E-state index is 5.92. The first-order valence-electron chi connectivity index (χ1n) is 4.03. The number of hydrazine groups is 1. The molecule has 1 rings (SSSR count). The van der Waals surface area contributed by atoms with E-state index in [2.05, 4.69) is 12.3 Å². The van der Waals surface area contributed by atoms with Gasteiger partial charge >= 0.3 is 0 Å². The zero-order valence-corrected chi connectivity index (χ0v) is 7.86. The van der Waals surface area contributed by atoms with Crippen LogP contribution in [0.4, 0.5) is 5.69 Å². The summed E-state index contributed by atoms with van der Waals surface area (Å²) in [5.74, 6) is 5.24. The Bertz CT molecular complexity index is 261. The van der Waals surface area contributed by atoms with E-state index in [1.165, 1.54) is 5.56 Å². The fraction of sp³-hybridized carbons (Fsp3) is 0.333. The highest BCUT2D eigenvalue weighted by Gasteiger charge is 1.98. The van der Waals surface area contributed by atoms with Gasteiger partial charge in [0.15, 0.2) is 0 Å². The predicted molar refractivity (Wildman–Crippen MR) is 53.3 cm³/mol. The summed E-state index contributed by atoms with van der Waals surface area (Å²) >= 11 is 5.92. The first-order valence-corrected chi connectivity index (χ1v) is 4.40. The van der Waals surface area contributed by atoms with Crippen LogP contribution in [-0.4, -0.2) is 0 Å². The molecule has 0 saturated heterocycles. The average molecular weight is 185 g/mol. The SMILES string of the molecule is CCCc1ccc(NN)c(Cl)c1. The van der Waals surface area contributed by atoms with Crippen molar-refractivity contribution in [2.24, 2.45) is 5.84 Å². The molecule has 3 N–H and O–H groups in total. The Labute approximate surface area is 77.7 Å². The number of benzene rings is 1. The van der Waals surface area contributed by atoms with Crippen molar-refractivity contribution in [3.8, 4) is 0 Å². The molecule has 3 heteroatoms. The standard InChI is InChI=1S/C9H13ClN2/c1-2-3-7-4-5-9(12-11)8(10)6-7/h4-6,12H,2-3,11H2,1H3. The Kier molecular flexibility index (Phi) is 3.38. The molecule has 12 heavy (non-hydrogen) atoms. The van der Waals surface area contributed by atoms with Crippen LogP contribution in [0.1, 0.15) is 18.9 Å². The highest BCUT2D eigenvalue weighted by atomic mass is 35.5. The van der Waals surface area contributed by atoms with Gasteiger partial charge in [0.1, 0.15) is 0 Å². The minimum atomic E-state index is 0.684. The second-order valence-corrected chi connectivity index (χ2v) is 3.12.